The topological polar surface area (TPSA) is 81.8 Å². The number of benzene rings is 2. The van der Waals surface area contributed by atoms with Gasteiger partial charge in [-0.2, -0.15) is 0 Å². The highest BCUT2D eigenvalue weighted by Gasteiger charge is 2.47. The number of carbonyl (C=O) groups is 3. The quantitative estimate of drug-likeness (QED) is 0.571. The van der Waals surface area contributed by atoms with Crippen LogP contribution < -0.4 is 10.6 Å². The van der Waals surface area contributed by atoms with Crippen LogP contribution in [0.4, 0.5) is 9.18 Å². The predicted octanol–water partition coefficient (Wildman–Crippen LogP) is 3.69. The lowest BCUT2D eigenvalue weighted by atomic mass is 9.95. The van der Waals surface area contributed by atoms with Crippen molar-refractivity contribution in [1.82, 2.24) is 20.4 Å². The van der Waals surface area contributed by atoms with Gasteiger partial charge in [0.1, 0.15) is 11.9 Å². The van der Waals surface area contributed by atoms with E-state index in [0.29, 0.717) is 28.9 Å². The van der Waals surface area contributed by atoms with Gasteiger partial charge in [0.15, 0.2) is 0 Å². The molecule has 0 saturated heterocycles. The average molecular weight is 477 g/mol. The lowest BCUT2D eigenvalue weighted by molar-refractivity contribution is -0.136. The summed E-state index contributed by atoms with van der Waals surface area (Å²) in [5, 5.41) is 5.77. The number of nitrogens with one attached hydrogen (secondary N) is 2. The molecular formula is C27H29FN4O3. The number of rotatable bonds is 8. The zero-order chi connectivity index (χ0) is 25.1. The van der Waals surface area contributed by atoms with E-state index in [0.717, 1.165) is 0 Å². The summed E-state index contributed by atoms with van der Waals surface area (Å²) >= 11 is 0. The van der Waals surface area contributed by atoms with Crippen molar-refractivity contribution in [2.45, 2.75) is 25.9 Å². The Morgan fingerprint density at radius 2 is 1.94 bits per heavy atom. The molecule has 0 fully saturated rings. The molecule has 182 valence electrons. The molecule has 2 heterocycles. The first-order valence-electron chi connectivity index (χ1n) is 11.6. The van der Waals surface area contributed by atoms with E-state index < -0.39 is 23.9 Å². The molecule has 2 atom stereocenters. The Morgan fingerprint density at radius 1 is 1.20 bits per heavy atom. The van der Waals surface area contributed by atoms with E-state index in [4.69, 9.17) is 0 Å². The maximum Gasteiger partial charge on any atom is 0.322 e. The lowest BCUT2D eigenvalue weighted by Crippen LogP contribution is -2.47. The second-order valence-corrected chi connectivity index (χ2v) is 9.08. The number of carbonyl (C=O) groups excluding carboxylic acids is 3. The minimum Gasteiger partial charge on any atom is -0.354 e. The van der Waals surface area contributed by atoms with Gasteiger partial charge in [-0.15, -0.1) is 6.58 Å². The number of nitrogens with zero attached hydrogens (tertiary/aromatic N) is 2. The molecule has 2 aliphatic rings. The molecule has 0 aliphatic carbocycles. The van der Waals surface area contributed by atoms with Crippen LogP contribution in [0.3, 0.4) is 0 Å². The monoisotopic (exact) mass is 476 g/mol. The molecule has 0 aromatic heterocycles. The third-order valence-corrected chi connectivity index (χ3v) is 6.10. The molecule has 35 heavy (non-hydrogen) atoms. The van der Waals surface area contributed by atoms with E-state index in [9.17, 15) is 18.8 Å². The molecule has 7 nitrogen and oxygen atoms in total. The fraction of sp³-hybridized carbons (Fsp3) is 0.296. The summed E-state index contributed by atoms with van der Waals surface area (Å²) in [7, 11) is 0. The van der Waals surface area contributed by atoms with Crippen LogP contribution in [-0.4, -0.2) is 47.3 Å². The minimum absolute atomic E-state index is 0.0654. The van der Waals surface area contributed by atoms with Crippen LogP contribution in [-0.2, 0) is 9.59 Å². The Kier molecular flexibility index (Phi) is 7.00. The van der Waals surface area contributed by atoms with Crippen molar-refractivity contribution in [3.05, 3.63) is 95.5 Å². The molecular weight excluding hydrogens is 447 g/mol. The van der Waals surface area contributed by atoms with Gasteiger partial charge in [0, 0.05) is 13.1 Å². The summed E-state index contributed by atoms with van der Waals surface area (Å²) in [5.74, 6) is -0.907. The van der Waals surface area contributed by atoms with Crippen molar-refractivity contribution in [2.75, 3.05) is 19.6 Å². The average Bonchev–Trinajstić information content (AvgIpc) is 3.17. The van der Waals surface area contributed by atoms with Gasteiger partial charge in [-0.05, 0) is 29.2 Å². The smallest absolute Gasteiger partial charge is 0.322 e. The van der Waals surface area contributed by atoms with Crippen molar-refractivity contribution in [1.29, 1.82) is 0 Å². The van der Waals surface area contributed by atoms with E-state index in [1.165, 1.54) is 28.0 Å². The van der Waals surface area contributed by atoms with E-state index in [2.05, 4.69) is 17.2 Å². The van der Waals surface area contributed by atoms with Crippen LogP contribution in [0.25, 0.3) is 0 Å². The Hall–Kier alpha value is -3.94. The van der Waals surface area contributed by atoms with Crippen molar-refractivity contribution in [3.8, 4) is 0 Å². The molecule has 2 aliphatic heterocycles. The molecule has 2 aromatic carbocycles. The van der Waals surface area contributed by atoms with Crippen LogP contribution in [0.5, 0.6) is 0 Å². The zero-order valence-corrected chi connectivity index (χ0v) is 19.8. The zero-order valence-electron chi connectivity index (χ0n) is 19.8. The molecule has 0 spiro atoms. The summed E-state index contributed by atoms with van der Waals surface area (Å²) < 4.78 is 14.0. The van der Waals surface area contributed by atoms with E-state index in [1.54, 1.807) is 24.3 Å². The van der Waals surface area contributed by atoms with Gasteiger partial charge in [-0.25, -0.2) is 9.18 Å². The molecule has 0 radical (unpaired) electrons. The van der Waals surface area contributed by atoms with Crippen molar-refractivity contribution < 1.29 is 18.8 Å². The Bertz CT molecular complexity index is 1180. The Morgan fingerprint density at radius 3 is 2.60 bits per heavy atom. The minimum atomic E-state index is -0.887. The first kappa shape index (κ1) is 24.2. The summed E-state index contributed by atoms with van der Waals surface area (Å²) in [6.07, 6.45) is 1.57. The third-order valence-electron chi connectivity index (χ3n) is 6.10. The van der Waals surface area contributed by atoms with Crippen LogP contribution in [0.15, 0.2) is 78.5 Å². The van der Waals surface area contributed by atoms with Gasteiger partial charge in [0.25, 0.3) is 5.91 Å². The molecule has 8 heteroatoms. The van der Waals surface area contributed by atoms with Crippen molar-refractivity contribution in [3.63, 3.8) is 0 Å². The Labute approximate surface area is 204 Å². The van der Waals surface area contributed by atoms with E-state index >= 15 is 0 Å². The summed E-state index contributed by atoms with van der Waals surface area (Å²) in [5.41, 5.74) is 1.94. The first-order chi connectivity index (χ1) is 16.8. The van der Waals surface area contributed by atoms with Crippen LogP contribution in [0.2, 0.25) is 0 Å². The molecule has 2 N–H and O–H groups in total. The van der Waals surface area contributed by atoms with Gasteiger partial charge in [0.05, 0.1) is 23.9 Å². The maximum absolute atomic E-state index is 14.0. The molecule has 4 amide bonds. The Balaban J connectivity index is 1.77. The summed E-state index contributed by atoms with van der Waals surface area (Å²) in [6, 6.07) is 12.8. The van der Waals surface area contributed by atoms with Gasteiger partial charge < -0.3 is 15.5 Å². The number of hydrogen-bond donors (Lipinski definition) is 2. The van der Waals surface area contributed by atoms with Gasteiger partial charge in [-0.1, -0.05) is 62.4 Å². The van der Waals surface area contributed by atoms with Gasteiger partial charge in [0.2, 0.25) is 5.91 Å². The highest BCUT2D eigenvalue weighted by Crippen LogP contribution is 2.39. The molecule has 2 unspecified atom stereocenters. The van der Waals surface area contributed by atoms with Crippen LogP contribution in [0, 0.1) is 11.7 Å². The fourth-order valence-electron chi connectivity index (χ4n) is 4.49. The molecule has 0 saturated carbocycles. The summed E-state index contributed by atoms with van der Waals surface area (Å²) in [6.45, 7) is 8.43. The number of halogens is 1. The summed E-state index contributed by atoms with van der Waals surface area (Å²) in [4.78, 5) is 43.2. The maximum atomic E-state index is 14.0. The van der Waals surface area contributed by atoms with Gasteiger partial charge >= 0.3 is 6.03 Å². The normalized spacial score (nSPS) is 18.5. The number of urea groups is 1. The first-order valence-corrected chi connectivity index (χ1v) is 11.6. The fourth-order valence-corrected chi connectivity index (χ4v) is 4.49. The second-order valence-electron chi connectivity index (χ2n) is 9.08. The SMILES string of the molecule is C=CCN1C(=O)NC(c2cccc(F)c2)C2=C1CN(C(C(=O)NCC(C)C)c1ccccc1)C2=O. The standard InChI is InChI=1S/C27H29FN4O3/c1-4-13-31-21-16-32(24(18-9-6-5-7-10-18)25(33)29-15-17(2)3)26(34)22(21)23(30-27(31)35)19-11-8-12-20(28)14-19/h4-12,14,17,23-24H,1,13,15-16H2,2-3H3,(H,29,33)(H,30,35). The lowest BCUT2D eigenvalue weighted by Gasteiger charge is -2.33. The predicted molar refractivity (Wildman–Crippen MR) is 130 cm³/mol. The van der Waals surface area contributed by atoms with E-state index in [1.807, 2.05) is 32.0 Å². The second kappa shape index (κ2) is 10.1. The largest absolute Gasteiger partial charge is 0.354 e. The third kappa shape index (κ3) is 4.82. The highest BCUT2D eigenvalue weighted by molar-refractivity contribution is 6.03. The molecule has 4 rings (SSSR count). The number of amides is 4. The number of hydrogen-bond acceptors (Lipinski definition) is 3. The van der Waals surface area contributed by atoms with Crippen molar-refractivity contribution in [2.24, 2.45) is 5.92 Å². The highest BCUT2D eigenvalue weighted by atomic mass is 19.1. The van der Waals surface area contributed by atoms with Crippen molar-refractivity contribution >= 4 is 17.8 Å². The van der Waals surface area contributed by atoms with E-state index in [-0.39, 0.29) is 30.8 Å². The van der Waals surface area contributed by atoms with Gasteiger partial charge in [-0.3, -0.25) is 14.5 Å². The molecule has 0 bridgehead atoms. The van der Waals surface area contributed by atoms with Crippen LogP contribution in [0.1, 0.15) is 37.1 Å². The molecule has 2 aromatic rings. The van der Waals surface area contributed by atoms with Crippen LogP contribution >= 0.6 is 0 Å².